The van der Waals surface area contributed by atoms with Gasteiger partial charge in [-0.25, -0.2) is 0 Å². The van der Waals surface area contributed by atoms with Gasteiger partial charge >= 0.3 is 0 Å². The molecule has 1 atom stereocenters. The Bertz CT molecular complexity index is 595. The van der Waals surface area contributed by atoms with Crippen LogP contribution in [-0.2, 0) is 13.5 Å². The largest absolute Gasteiger partial charge is 0.310 e. The van der Waals surface area contributed by atoms with E-state index in [0.29, 0.717) is 0 Å². The van der Waals surface area contributed by atoms with Gasteiger partial charge in [-0.3, -0.25) is 4.68 Å². The van der Waals surface area contributed by atoms with Crippen LogP contribution in [0.15, 0.2) is 24.3 Å². The minimum absolute atomic E-state index is 0.250. The molecular formula is C15H19ClIN3. The van der Waals surface area contributed by atoms with Crippen LogP contribution in [0.2, 0.25) is 5.02 Å². The maximum Gasteiger partial charge on any atom is 0.0847 e. The van der Waals surface area contributed by atoms with Crippen LogP contribution < -0.4 is 5.32 Å². The lowest BCUT2D eigenvalue weighted by molar-refractivity contribution is 0.527. The molecule has 1 aromatic carbocycles. The smallest absolute Gasteiger partial charge is 0.0847 e. The topological polar surface area (TPSA) is 29.9 Å². The highest BCUT2D eigenvalue weighted by molar-refractivity contribution is 14.1. The maximum absolute atomic E-state index is 6.37. The Labute approximate surface area is 138 Å². The second-order valence-electron chi connectivity index (χ2n) is 4.81. The Balaban J connectivity index is 2.33. The number of benzene rings is 1. The molecule has 1 N–H and O–H groups in total. The molecule has 5 heteroatoms. The van der Waals surface area contributed by atoms with E-state index in [9.17, 15) is 0 Å². The van der Waals surface area contributed by atoms with E-state index in [1.165, 1.54) is 9.13 Å². The first-order valence-electron chi connectivity index (χ1n) is 6.70. The van der Waals surface area contributed by atoms with Gasteiger partial charge in [0.1, 0.15) is 0 Å². The summed E-state index contributed by atoms with van der Waals surface area (Å²) < 4.78 is 3.16. The van der Waals surface area contributed by atoms with Crippen molar-refractivity contribution < 1.29 is 0 Å². The van der Waals surface area contributed by atoms with Gasteiger partial charge < -0.3 is 5.32 Å². The van der Waals surface area contributed by atoms with Gasteiger partial charge in [0.2, 0.25) is 0 Å². The lowest BCUT2D eigenvalue weighted by Gasteiger charge is -2.20. The van der Waals surface area contributed by atoms with Crippen LogP contribution in [0, 0.1) is 10.5 Å². The van der Waals surface area contributed by atoms with Crippen molar-refractivity contribution in [3.05, 3.63) is 49.8 Å². The zero-order valence-corrected chi connectivity index (χ0v) is 14.9. The van der Waals surface area contributed by atoms with Gasteiger partial charge in [-0.15, -0.1) is 0 Å². The molecule has 108 valence electrons. The molecule has 0 radical (unpaired) electrons. The van der Waals surface area contributed by atoms with Crippen molar-refractivity contribution in [1.29, 1.82) is 0 Å². The van der Waals surface area contributed by atoms with E-state index < -0.39 is 0 Å². The van der Waals surface area contributed by atoms with Crippen molar-refractivity contribution >= 4 is 34.2 Å². The minimum Gasteiger partial charge on any atom is -0.310 e. The van der Waals surface area contributed by atoms with E-state index >= 15 is 0 Å². The summed E-state index contributed by atoms with van der Waals surface area (Å²) in [6.45, 7) is 4.99. The predicted octanol–water partition coefficient (Wildman–Crippen LogP) is 3.88. The number of halogens is 2. The molecule has 0 aliphatic carbocycles. The molecule has 0 fully saturated rings. The number of rotatable bonds is 5. The van der Waals surface area contributed by atoms with Crippen molar-refractivity contribution in [1.82, 2.24) is 15.1 Å². The lowest BCUT2D eigenvalue weighted by atomic mass is 10.0. The van der Waals surface area contributed by atoms with Crippen molar-refractivity contribution in [2.45, 2.75) is 26.3 Å². The molecule has 0 spiro atoms. The average molecular weight is 404 g/mol. The molecule has 2 aromatic rings. The van der Waals surface area contributed by atoms with Crippen LogP contribution in [0.1, 0.15) is 29.9 Å². The summed E-state index contributed by atoms with van der Waals surface area (Å²) in [4.78, 5) is 0. The molecule has 0 aliphatic heterocycles. The molecular weight excluding hydrogens is 385 g/mol. The summed E-state index contributed by atoms with van der Waals surface area (Å²) in [6, 6.07) is 8.70. The van der Waals surface area contributed by atoms with Crippen LogP contribution in [0.4, 0.5) is 0 Å². The Morgan fingerprint density at radius 1 is 1.40 bits per heavy atom. The molecule has 0 saturated heterocycles. The molecule has 0 bridgehead atoms. The highest BCUT2D eigenvalue weighted by atomic mass is 127. The van der Waals surface area contributed by atoms with Gasteiger partial charge in [0.15, 0.2) is 0 Å². The molecule has 20 heavy (non-hydrogen) atoms. The van der Waals surface area contributed by atoms with Gasteiger partial charge in [0.25, 0.3) is 0 Å². The molecule has 2 rings (SSSR count). The van der Waals surface area contributed by atoms with E-state index in [1.807, 2.05) is 18.7 Å². The molecule has 0 saturated carbocycles. The number of hydrogen-bond donors (Lipinski definition) is 1. The van der Waals surface area contributed by atoms with E-state index in [1.54, 1.807) is 0 Å². The predicted molar refractivity (Wildman–Crippen MR) is 92.2 cm³/mol. The van der Waals surface area contributed by atoms with E-state index in [0.717, 1.165) is 29.4 Å². The fourth-order valence-corrected chi connectivity index (χ4v) is 3.39. The molecule has 3 nitrogen and oxygen atoms in total. The fraction of sp³-hybridized carbons (Fsp3) is 0.400. The SMILES string of the molecule is CCNC(Cc1c(Cl)c(C)nn1C)c1ccccc1I. The van der Waals surface area contributed by atoms with Gasteiger partial charge in [0, 0.05) is 23.1 Å². The second kappa shape index (κ2) is 6.91. The fourth-order valence-electron chi connectivity index (χ4n) is 2.39. The zero-order valence-electron chi connectivity index (χ0n) is 12.0. The molecule has 0 aliphatic rings. The monoisotopic (exact) mass is 403 g/mol. The van der Waals surface area contributed by atoms with Crippen molar-refractivity contribution in [2.24, 2.45) is 7.05 Å². The lowest BCUT2D eigenvalue weighted by Crippen LogP contribution is -2.24. The minimum atomic E-state index is 0.250. The van der Waals surface area contributed by atoms with Crippen LogP contribution in [0.25, 0.3) is 0 Å². The second-order valence-corrected chi connectivity index (χ2v) is 6.35. The average Bonchev–Trinajstić information content (AvgIpc) is 2.65. The third kappa shape index (κ3) is 3.35. The summed E-state index contributed by atoms with van der Waals surface area (Å²) in [6.07, 6.45) is 0.837. The highest BCUT2D eigenvalue weighted by Gasteiger charge is 2.19. The van der Waals surface area contributed by atoms with Crippen LogP contribution >= 0.6 is 34.2 Å². The van der Waals surface area contributed by atoms with E-state index in [2.05, 4.69) is 64.2 Å². The van der Waals surface area contributed by atoms with Gasteiger partial charge in [-0.2, -0.15) is 5.10 Å². The Morgan fingerprint density at radius 3 is 2.65 bits per heavy atom. The standard InChI is InChI=1S/C15H19ClIN3/c1-4-18-13(11-7-5-6-8-12(11)17)9-14-15(16)10(2)19-20(14)3/h5-8,13,18H,4,9H2,1-3H3. The first kappa shape index (κ1) is 15.8. The first-order valence-corrected chi connectivity index (χ1v) is 8.16. The summed E-state index contributed by atoms with van der Waals surface area (Å²) >= 11 is 8.76. The van der Waals surface area contributed by atoms with Crippen molar-refractivity contribution in [3.8, 4) is 0 Å². The molecule has 0 amide bonds. The number of aromatic nitrogens is 2. The number of nitrogens with one attached hydrogen (secondary N) is 1. The summed E-state index contributed by atoms with van der Waals surface area (Å²) in [5, 5.41) is 8.72. The quantitative estimate of drug-likeness (QED) is 0.768. The zero-order chi connectivity index (χ0) is 14.7. The summed E-state index contributed by atoms with van der Waals surface area (Å²) in [7, 11) is 1.95. The number of hydrogen-bond acceptors (Lipinski definition) is 2. The van der Waals surface area contributed by atoms with E-state index in [-0.39, 0.29) is 6.04 Å². The normalized spacial score (nSPS) is 12.7. The van der Waals surface area contributed by atoms with Gasteiger partial charge in [-0.1, -0.05) is 36.7 Å². The number of aryl methyl sites for hydroxylation is 2. The Kier molecular flexibility index (Phi) is 5.46. The summed E-state index contributed by atoms with van der Waals surface area (Å²) in [5.41, 5.74) is 3.28. The van der Waals surface area contributed by atoms with Crippen molar-refractivity contribution in [2.75, 3.05) is 6.54 Å². The maximum atomic E-state index is 6.37. The van der Waals surface area contributed by atoms with E-state index in [4.69, 9.17) is 11.6 Å². The Hall–Kier alpha value is -0.590. The molecule has 1 aromatic heterocycles. The first-order chi connectivity index (χ1) is 9.54. The molecule has 1 unspecified atom stereocenters. The third-order valence-corrected chi connectivity index (χ3v) is 4.86. The summed E-state index contributed by atoms with van der Waals surface area (Å²) in [5.74, 6) is 0. The third-order valence-electron chi connectivity index (χ3n) is 3.39. The van der Waals surface area contributed by atoms with Gasteiger partial charge in [-0.05, 0) is 47.7 Å². The number of likely N-dealkylation sites (N-methyl/N-ethyl adjacent to an activating group) is 1. The van der Waals surface area contributed by atoms with Gasteiger partial charge in [0.05, 0.1) is 16.4 Å². The number of nitrogens with zero attached hydrogens (tertiary/aromatic N) is 2. The van der Waals surface area contributed by atoms with Crippen molar-refractivity contribution in [3.63, 3.8) is 0 Å². The Morgan fingerprint density at radius 2 is 2.10 bits per heavy atom. The molecule has 1 heterocycles. The highest BCUT2D eigenvalue weighted by Crippen LogP contribution is 2.27. The van der Waals surface area contributed by atoms with Crippen LogP contribution in [0.3, 0.4) is 0 Å². The van der Waals surface area contributed by atoms with Crippen LogP contribution in [0.5, 0.6) is 0 Å². The van der Waals surface area contributed by atoms with Crippen LogP contribution in [-0.4, -0.2) is 16.3 Å².